The van der Waals surface area contributed by atoms with Crippen LogP contribution in [0.15, 0.2) is 67.1 Å². The summed E-state index contributed by atoms with van der Waals surface area (Å²) < 4.78 is 1.66. The molecule has 7 heteroatoms. The molecule has 1 saturated heterocycles. The van der Waals surface area contributed by atoms with Crippen LogP contribution in [-0.4, -0.2) is 43.6 Å². The molecule has 1 aliphatic carbocycles. The molecule has 1 N–H and O–H groups in total. The number of pyridine rings is 1. The second-order valence-electron chi connectivity index (χ2n) is 8.29. The fourth-order valence-corrected chi connectivity index (χ4v) is 4.94. The molecule has 7 nitrogen and oxygen atoms in total. The molecule has 1 aromatic carbocycles. The van der Waals surface area contributed by atoms with Gasteiger partial charge in [-0.1, -0.05) is 31.0 Å². The largest absolute Gasteiger partial charge is 0.323 e. The molecular formula is C24H25N5O2. The van der Waals surface area contributed by atoms with E-state index < -0.39 is 6.04 Å². The summed E-state index contributed by atoms with van der Waals surface area (Å²) in [7, 11) is 0. The van der Waals surface area contributed by atoms with Gasteiger partial charge >= 0.3 is 0 Å². The van der Waals surface area contributed by atoms with E-state index in [9.17, 15) is 9.59 Å². The first kappa shape index (κ1) is 19.5. The van der Waals surface area contributed by atoms with Crippen LogP contribution < -0.4 is 5.32 Å². The number of fused-ring (bicyclic) bond motifs is 1. The number of amides is 2. The van der Waals surface area contributed by atoms with Gasteiger partial charge in [0, 0.05) is 24.0 Å². The van der Waals surface area contributed by atoms with Crippen LogP contribution in [0.2, 0.25) is 0 Å². The van der Waals surface area contributed by atoms with Crippen molar-refractivity contribution in [1.82, 2.24) is 19.7 Å². The van der Waals surface area contributed by atoms with E-state index in [0.717, 1.165) is 19.3 Å². The number of hydrogen-bond acceptors (Lipinski definition) is 4. The lowest BCUT2D eigenvalue weighted by Gasteiger charge is -2.33. The molecule has 3 heterocycles. The molecule has 1 saturated carbocycles. The van der Waals surface area contributed by atoms with Gasteiger partial charge in [0.05, 0.1) is 11.9 Å². The fraction of sp³-hybridized carbons (Fsp3) is 0.333. The number of benzene rings is 1. The molecule has 31 heavy (non-hydrogen) atoms. The Labute approximate surface area is 181 Å². The molecule has 3 atom stereocenters. The Morgan fingerprint density at radius 1 is 1.00 bits per heavy atom. The second-order valence-corrected chi connectivity index (χ2v) is 8.29. The number of rotatable bonds is 4. The third-order valence-electron chi connectivity index (χ3n) is 6.40. The minimum Gasteiger partial charge on any atom is -0.323 e. The fourth-order valence-electron chi connectivity index (χ4n) is 4.94. The molecule has 158 valence electrons. The van der Waals surface area contributed by atoms with Crippen LogP contribution in [0, 0.1) is 5.92 Å². The quantitative estimate of drug-likeness (QED) is 0.705. The van der Waals surface area contributed by atoms with E-state index in [0.29, 0.717) is 29.4 Å². The van der Waals surface area contributed by atoms with Crippen molar-refractivity contribution >= 4 is 17.5 Å². The highest BCUT2D eigenvalue weighted by atomic mass is 16.2. The molecule has 1 aliphatic heterocycles. The third kappa shape index (κ3) is 3.83. The molecule has 2 aliphatic rings. The van der Waals surface area contributed by atoms with E-state index >= 15 is 0 Å². The summed E-state index contributed by atoms with van der Waals surface area (Å²) in [6, 6.07) is 14.4. The second kappa shape index (κ2) is 8.34. The zero-order chi connectivity index (χ0) is 21.2. The van der Waals surface area contributed by atoms with Crippen LogP contribution in [0.1, 0.15) is 42.5 Å². The molecular weight excluding hydrogens is 390 g/mol. The third-order valence-corrected chi connectivity index (χ3v) is 6.40. The molecule has 0 spiro atoms. The van der Waals surface area contributed by atoms with Gasteiger partial charge in [0.2, 0.25) is 5.91 Å². The predicted octanol–water partition coefficient (Wildman–Crippen LogP) is 3.68. The summed E-state index contributed by atoms with van der Waals surface area (Å²) in [6.45, 7) is 0. The number of hydrogen-bond donors (Lipinski definition) is 1. The number of anilines is 1. The molecule has 2 aromatic heterocycles. The summed E-state index contributed by atoms with van der Waals surface area (Å²) in [4.78, 5) is 32.9. The number of nitrogens with one attached hydrogen (secondary N) is 1. The van der Waals surface area contributed by atoms with Crippen LogP contribution in [0.25, 0.3) is 5.82 Å². The van der Waals surface area contributed by atoms with Crippen molar-refractivity contribution < 1.29 is 9.59 Å². The lowest BCUT2D eigenvalue weighted by atomic mass is 9.84. The smallest absolute Gasteiger partial charge is 0.254 e. The Bertz CT molecular complexity index is 1050. The SMILES string of the molecule is O=C(Nc1ccc(-n2cccn2)nc1)C1CC2CCCCC2N1C(=O)c1ccccc1. The first-order chi connectivity index (χ1) is 15.2. The lowest BCUT2D eigenvalue weighted by Crippen LogP contribution is -2.47. The maximum Gasteiger partial charge on any atom is 0.254 e. The average molecular weight is 415 g/mol. The molecule has 3 unspecified atom stereocenters. The topological polar surface area (TPSA) is 80.1 Å². The summed E-state index contributed by atoms with van der Waals surface area (Å²) in [5.41, 5.74) is 1.25. The molecule has 2 amide bonds. The standard InChI is InChI=1S/C24H25N5O2/c30-23(27-19-11-12-22(25-16-19)28-14-6-13-26-28)21-15-18-9-4-5-10-20(18)29(21)24(31)17-7-2-1-3-8-17/h1-3,6-8,11-14,16,18,20-21H,4-5,9-10,15H2,(H,27,30). The van der Waals surface area contributed by atoms with Crippen molar-refractivity contribution in [3.63, 3.8) is 0 Å². The Morgan fingerprint density at radius 2 is 1.84 bits per heavy atom. The van der Waals surface area contributed by atoms with Crippen molar-refractivity contribution in [2.75, 3.05) is 5.32 Å². The number of carbonyl (C=O) groups excluding carboxylic acids is 2. The van der Waals surface area contributed by atoms with Crippen LogP contribution in [0.4, 0.5) is 5.69 Å². The highest BCUT2D eigenvalue weighted by molar-refractivity contribution is 6.01. The van der Waals surface area contributed by atoms with E-state index in [1.807, 2.05) is 59.6 Å². The van der Waals surface area contributed by atoms with Gasteiger partial charge in [-0.05, 0) is 55.5 Å². The van der Waals surface area contributed by atoms with Crippen LogP contribution in [0.5, 0.6) is 0 Å². The van der Waals surface area contributed by atoms with Gasteiger partial charge in [-0.3, -0.25) is 9.59 Å². The summed E-state index contributed by atoms with van der Waals surface area (Å²) in [6.07, 6.45) is 10.2. The Hall–Kier alpha value is -3.48. The maximum atomic E-state index is 13.4. The zero-order valence-corrected chi connectivity index (χ0v) is 17.2. The van der Waals surface area contributed by atoms with Gasteiger partial charge in [0.1, 0.15) is 6.04 Å². The molecule has 0 radical (unpaired) electrons. The van der Waals surface area contributed by atoms with Gasteiger partial charge in [0.25, 0.3) is 5.91 Å². The number of nitrogens with zero attached hydrogens (tertiary/aromatic N) is 4. The zero-order valence-electron chi connectivity index (χ0n) is 17.2. The van der Waals surface area contributed by atoms with Crippen molar-refractivity contribution in [1.29, 1.82) is 0 Å². The van der Waals surface area contributed by atoms with E-state index in [1.165, 1.54) is 6.42 Å². The normalized spacial score (nSPS) is 22.7. The first-order valence-electron chi connectivity index (χ1n) is 10.9. The minimum atomic E-state index is -0.466. The number of aromatic nitrogens is 3. The molecule has 0 bridgehead atoms. The Kier molecular flexibility index (Phi) is 5.24. The van der Waals surface area contributed by atoms with E-state index in [2.05, 4.69) is 15.4 Å². The van der Waals surface area contributed by atoms with Crippen molar-refractivity contribution in [3.8, 4) is 5.82 Å². The maximum absolute atomic E-state index is 13.4. The molecule has 2 fully saturated rings. The number of carbonyl (C=O) groups is 2. The Morgan fingerprint density at radius 3 is 2.58 bits per heavy atom. The van der Waals surface area contributed by atoms with E-state index in [4.69, 9.17) is 0 Å². The summed E-state index contributed by atoms with van der Waals surface area (Å²) >= 11 is 0. The van der Waals surface area contributed by atoms with Gasteiger partial charge in [-0.15, -0.1) is 0 Å². The van der Waals surface area contributed by atoms with Gasteiger partial charge in [0.15, 0.2) is 5.82 Å². The van der Waals surface area contributed by atoms with E-state index in [-0.39, 0.29) is 17.9 Å². The monoisotopic (exact) mass is 415 g/mol. The van der Waals surface area contributed by atoms with Crippen molar-refractivity contribution in [2.24, 2.45) is 5.92 Å². The van der Waals surface area contributed by atoms with Crippen LogP contribution in [-0.2, 0) is 4.79 Å². The number of likely N-dealkylation sites (tertiary alicyclic amines) is 1. The lowest BCUT2D eigenvalue weighted by molar-refractivity contribution is -0.120. The molecule has 3 aromatic rings. The summed E-state index contributed by atoms with van der Waals surface area (Å²) in [5, 5.41) is 7.14. The highest BCUT2D eigenvalue weighted by Gasteiger charge is 2.47. The van der Waals surface area contributed by atoms with Gasteiger partial charge in [-0.2, -0.15) is 5.10 Å². The Balaban J connectivity index is 1.36. The van der Waals surface area contributed by atoms with Crippen molar-refractivity contribution in [3.05, 3.63) is 72.7 Å². The van der Waals surface area contributed by atoms with Gasteiger partial charge < -0.3 is 10.2 Å². The van der Waals surface area contributed by atoms with Crippen LogP contribution in [0.3, 0.4) is 0 Å². The average Bonchev–Trinajstić information content (AvgIpc) is 3.48. The predicted molar refractivity (Wildman–Crippen MR) is 117 cm³/mol. The van der Waals surface area contributed by atoms with Gasteiger partial charge in [-0.25, -0.2) is 9.67 Å². The summed E-state index contributed by atoms with van der Waals surface area (Å²) in [5.74, 6) is 0.864. The molecule has 5 rings (SSSR count). The highest BCUT2D eigenvalue weighted by Crippen LogP contribution is 2.40. The van der Waals surface area contributed by atoms with Crippen LogP contribution >= 0.6 is 0 Å². The van der Waals surface area contributed by atoms with Crippen molar-refractivity contribution in [2.45, 2.75) is 44.2 Å². The minimum absolute atomic E-state index is 0.0534. The van der Waals surface area contributed by atoms with E-state index in [1.54, 1.807) is 17.1 Å². The first-order valence-corrected chi connectivity index (χ1v) is 10.9.